The molecule has 1 aliphatic heterocycles. The van der Waals surface area contributed by atoms with Crippen molar-refractivity contribution in [3.05, 3.63) is 16.8 Å². The van der Waals surface area contributed by atoms with Crippen molar-refractivity contribution in [1.82, 2.24) is 23.9 Å². The van der Waals surface area contributed by atoms with Crippen molar-refractivity contribution in [3.8, 4) is 0 Å². The molecule has 4 rings (SSSR count). The van der Waals surface area contributed by atoms with E-state index in [4.69, 9.17) is 5.11 Å². The highest BCUT2D eigenvalue weighted by Crippen LogP contribution is 2.38. The van der Waals surface area contributed by atoms with Gasteiger partial charge in [-0.1, -0.05) is 0 Å². The maximum atomic E-state index is 12.6. The second-order valence-electron chi connectivity index (χ2n) is 8.23. The van der Waals surface area contributed by atoms with Crippen LogP contribution >= 0.6 is 11.3 Å². The molecule has 2 aromatic rings. The molecule has 2 aromatic heterocycles. The molecule has 0 spiro atoms. The summed E-state index contributed by atoms with van der Waals surface area (Å²) in [6.07, 6.45) is 6.74. The maximum absolute atomic E-state index is 12.6. The van der Waals surface area contributed by atoms with Gasteiger partial charge in [0.1, 0.15) is 17.0 Å². The second-order valence-corrected chi connectivity index (χ2v) is 11.1. The first-order chi connectivity index (χ1) is 14.4. The smallest absolute Gasteiger partial charge is 0.279 e. The summed E-state index contributed by atoms with van der Waals surface area (Å²) in [5.41, 5.74) is 1.00. The molecule has 0 bridgehead atoms. The number of nitrogens with zero attached hydrogens (tertiary/aromatic N) is 4. The van der Waals surface area contributed by atoms with Crippen LogP contribution < -0.4 is 10.0 Å². The number of thiophene rings is 1. The molecule has 1 saturated carbocycles. The van der Waals surface area contributed by atoms with Gasteiger partial charge in [-0.05, 0) is 51.8 Å². The molecule has 0 unspecified atom stereocenters. The van der Waals surface area contributed by atoms with E-state index in [0.717, 1.165) is 47.3 Å². The van der Waals surface area contributed by atoms with Gasteiger partial charge in [0.15, 0.2) is 0 Å². The Morgan fingerprint density at radius 3 is 2.73 bits per heavy atom. The van der Waals surface area contributed by atoms with E-state index in [1.807, 2.05) is 0 Å². The topological polar surface area (TPSA) is 111 Å². The predicted octanol–water partition coefficient (Wildman–Crippen LogP) is 1.16. The number of hydrogen-bond acceptors (Lipinski definition) is 8. The number of anilines is 1. The van der Waals surface area contributed by atoms with Crippen molar-refractivity contribution in [3.63, 3.8) is 0 Å². The zero-order chi connectivity index (χ0) is 21.3. The number of rotatable bonds is 7. The monoisotopic (exact) mass is 454 g/mol. The Hall–Kier alpha value is -1.37. The molecule has 0 amide bonds. The van der Waals surface area contributed by atoms with Gasteiger partial charge in [-0.2, -0.15) is 17.4 Å². The molecule has 0 saturated heterocycles. The lowest BCUT2D eigenvalue weighted by atomic mass is 9.90. The summed E-state index contributed by atoms with van der Waals surface area (Å²) in [7, 11) is 0.649. The van der Waals surface area contributed by atoms with Crippen LogP contribution in [-0.4, -0.2) is 78.6 Å². The first-order valence-corrected chi connectivity index (χ1v) is 12.7. The molecule has 0 radical (unpaired) electrons. The molecule has 1 aliphatic carbocycles. The summed E-state index contributed by atoms with van der Waals surface area (Å²) in [6, 6.07) is 0.997. The molecule has 2 aliphatic rings. The highest BCUT2D eigenvalue weighted by molar-refractivity contribution is 7.87. The van der Waals surface area contributed by atoms with Crippen molar-refractivity contribution in [2.24, 2.45) is 0 Å². The normalized spacial score (nSPS) is 23.1. The third-order valence-corrected chi connectivity index (χ3v) is 8.86. The predicted molar refractivity (Wildman–Crippen MR) is 119 cm³/mol. The van der Waals surface area contributed by atoms with Gasteiger partial charge < -0.3 is 15.3 Å². The Balaban J connectivity index is 1.56. The second kappa shape index (κ2) is 9.01. The van der Waals surface area contributed by atoms with E-state index in [1.54, 1.807) is 17.7 Å². The molecular weight excluding hydrogens is 424 g/mol. The van der Waals surface area contributed by atoms with E-state index >= 15 is 0 Å². The average molecular weight is 455 g/mol. The van der Waals surface area contributed by atoms with Gasteiger partial charge in [0.05, 0.1) is 12.0 Å². The van der Waals surface area contributed by atoms with Gasteiger partial charge in [0.25, 0.3) is 10.2 Å². The standard InChI is InChI=1S/C19H30N6O3S2/c1-24(2)14-5-3-13(4-6-14)23-18-17-15-11-25(30(27,28)22-8-10-26)9-7-16(15)29-19(17)21-12-20-18/h12-14,22,26H,3-11H2,1-2H3,(H,20,21,23)/t13-,14-. The van der Waals surface area contributed by atoms with Crippen LogP contribution in [0, 0.1) is 0 Å². The molecule has 9 nitrogen and oxygen atoms in total. The largest absolute Gasteiger partial charge is 0.395 e. The number of nitrogens with one attached hydrogen (secondary N) is 2. The fourth-order valence-corrected chi connectivity index (χ4v) is 6.70. The SMILES string of the molecule is CN(C)[C@H]1CC[C@H](Nc2ncnc3sc4c(c23)CN(S(=O)(=O)NCCO)CC4)CC1. The van der Waals surface area contributed by atoms with Crippen LogP contribution in [0.4, 0.5) is 5.82 Å². The molecule has 1 fully saturated rings. The van der Waals surface area contributed by atoms with Gasteiger partial charge >= 0.3 is 0 Å². The summed E-state index contributed by atoms with van der Waals surface area (Å²) in [6.45, 7) is 0.510. The van der Waals surface area contributed by atoms with Crippen molar-refractivity contribution >= 4 is 37.6 Å². The minimum Gasteiger partial charge on any atom is -0.395 e. The molecule has 30 heavy (non-hydrogen) atoms. The number of aliphatic hydroxyl groups is 1. The lowest BCUT2D eigenvalue weighted by molar-refractivity contribution is 0.221. The minimum atomic E-state index is -3.63. The molecule has 3 N–H and O–H groups in total. The Morgan fingerprint density at radius 2 is 2.03 bits per heavy atom. The van der Waals surface area contributed by atoms with Gasteiger partial charge in [-0.25, -0.2) is 9.97 Å². The van der Waals surface area contributed by atoms with Gasteiger partial charge in [-0.3, -0.25) is 0 Å². The summed E-state index contributed by atoms with van der Waals surface area (Å²) >= 11 is 1.63. The van der Waals surface area contributed by atoms with Crippen LogP contribution in [0.2, 0.25) is 0 Å². The molecule has 0 atom stereocenters. The van der Waals surface area contributed by atoms with E-state index in [9.17, 15) is 8.42 Å². The zero-order valence-corrected chi connectivity index (χ0v) is 19.1. The van der Waals surface area contributed by atoms with E-state index in [1.165, 1.54) is 9.18 Å². The fraction of sp³-hybridized carbons (Fsp3) is 0.684. The first kappa shape index (κ1) is 21.8. The Labute approximate surface area is 181 Å². The van der Waals surface area contributed by atoms with Crippen molar-refractivity contribution in [2.75, 3.05) is 39.1 Å². The molecule has 3 heterocycles. The first-order valence-electron chi connectivity index (χ1n) is 10.4. The van der Waals surface area contributed by atoms with Gasteiger partial charge in [0, 0.05) is 36.6 Å². The fourth-order valence-electron chi connectivity index (χ4n) is 4.40. The summed E-state index contributed by atoms with van der Waals surface area (Å²) < 4.78 is 29.0. The molecule has 166 valence electrons. The third-order valence-electron chi connectivity index (χ3n) is 6.10. The molecule has 0 aromatic carbocycles. The van der Waals surface area contributed by atoms with Crippen molar-refractivity contribution in [2.45, 2.75) is 50.7 Å². The Morgan fingerprint density at radius 1 is 1.27 bits per heavy atom. The van der Waals surface area contributed by atoms with E-state index in [2.05, 4.69) is 39.0 Å². The van der Waals surface area contributed by atoms with Gasteiger partial charge in [-0.15, -0.1) is 11.3 Å². The number of aromatic nitrogens is 2. The minimum absolute atomic E-state index is 0.0155. The van der Waals surface area contributed by atoms with Gasteiger partial charge in [0.2, 0.25) is 0 Å². The summed E-state index contributed by atoms with van der Waals surface area (Å²) in [5.74, 6) is 0.813. The number of hydrogen-bond donors (Lipinski definition) is 3. The highest BCUT2D eigenvalue weighted by atomic mass is 32.2. The summed E-state index contributed by atoms with van der Waals surface area (Å²) in [4.78, 5) is 13.4. The Bertz CT molecular complexity index is 986. The van der Waals surface area contributed by atoms with E-state index in [0.29, 0.717) is 31.6 Å². The van der Waals surface area contributed by atoms with Crippen LogP contribution in [0.1, 0.15) is 36.1 Å². The van der Waals surface area contributed by atoms with Crippen LogP contribution in [0.25, 0.3) is 10.2 Å². The van der Waals surface area contributed by atoms with E-state index < -0.39 is 10.2 Å². The zero-order valence-electron chi connectivity index (χ0n) is 17.5. The lowest BCUT2D eigenvalue weighted by Gasteiger charge is -2.33. The molecular formula is C19H30N6O3S2. The molecule has 11 heteroatoms. The third kappa shape index (κ3) is 4.46. The van der Waals surface area contributed by atoms with Crippen LogP contribution in [0.15, 0.2) is 6.33 Å². The van der Waals surface area contributed by atoms with Crippen LogP contribution in [-0.2, 0) is 23.2 Å². The van der Waals surface area contributed by atoms with Crippen LogP contribution in [0.5, 0.6) is 0 Å². The van der Waals surface area contributed by atoms with Crippen LogP contribution in [0.3, 0.4) is 0 Å². The Kier molecular flexibility index (Phi) is 6.56. The van der Waals surface area contributed by atoms with Crippen molar-refractivity contribution in [1.29, 1.82) is 0 Å². The number of fused-ring (bicyclic) bond motifs is 3. The van der Waals surface area contributed by atoms with Crippen molar-refractivity contribution < 1.29 is 13.5 Å². The summed E-state index contributed by atoms with van der Waals surface area (Å²) in [5, 5.41) is 13.5. The number of aliphatic hydroxyl groups excluding tert-OH is 1. The lowest BCUT2D eigenvalue weighted by Crippen LogP contribution is -2.43. The quantitative estimate of drug-likeness (QED) is 0.576. The maximum Gasteiger partial charge on any atom is 0.279 e. The average Bonchev–Trinajstić information content (AvgIpc) is 3.11. The highest BCUT2D eigenvalue weighted by Gasteiger charge is 2.31. The van der Waals surface area contributed by atoms with E-state index in [-0.39, 0.29) is 13.2 Å².